The number of esters is 1. The lowest BCUT2D eigenvalue weighted by Crippen LogP contribution is -2.35. The summed E-state index contributed by atoms with van der Waals surface area (Å²) in [5.41, 5.74) is 0.938. The fourth-order valence-corrected chi connectivity index (χ4v) is 3.19. The van der Waals surface area contributed by atoms with Crippen LogP contribution < -0.4 is 5.32 Å². The Morgan fingerprint density at radius 3 is 2.65 bits per heavy atom. The second-order valence-electron chi connectivity index (χ2n) is 5.68. The predicted octanol–water partition coefficient (Wildman–Crippen LogP) is 4.81. The highest BCUT2D eigenvalue weighted by Crippen LogP contribution is 2.17. The first-order valence-corrected chi connectivity index (χ1v) is 9.63. The van der Waals surface area contributed by atoms with E-state index in [0.717, 1.165) is 19.3 Å². The zero-order valence-electron chi connectivity index (χ0n) is 14.8. The number of hydrogen-bond acceptors (Lipinski definition) is 5. The maximum absolute atomic E-state index is 12.7. The van der Waals surface area contributed by atoms with E-state index in [9.17, 15) is 9.59 Å². The summed E-state index contributed by atoms with van der Waals surface area (Å²) in [6, 6.07) is 6.74. The average molecular weight is 396 g/mol. The van der Waals surface area contributed by atoms with Crippen LogP contribution in [0.2, 0.25) is 5.02 Å². The number of rotatable bonds is 8. The fourth-order valence-electron chi connectivity index (χ4n) is 2.29. The van der Waals surface area contributed by atoms with E-state index in [1.807, 2.05) is 0 Å². The van der Waals surface area contributed by atoms with E-state index in [1.54, 1.807) is 34.5 Å². The van der Waals surface area contributed by atoms with Crippen LogP contribution in [0.1, 0.15) is 41.7 Å². The Kier molecular flexibility index (Phi) is 7.87. The van der Waals surface area contributed by atoms with E-state index in [-0.39, 0.29) is 11.7 Å². The molecule has 26 heavy (non-hydrogen) atoms. The number of amides is 2. The fraction of sp³-hybridized carbons (Fsp3) is 0.389. The van der Waals surface area contributed by atoms with E-state index in [1.165, 1.54) is 18.4 Å². The number of nitrogens with one attached hydrogen (secondary N) is 1. The maximum atomic E-state index is 12.7. The van der Waals surface area contributed by atoms with Crippen molar-refractivity contribution in [1.82, 2.24) is 9.88 Å². The number of benzene rings is 1. The lowest BCUT2D eigenvalue weighted by molar-refractivity contribution is 0.0594. The van der Waals surface area contributed by atoms with Crippen molar-refractivity contribution < 1.29 is 14.3 Å². The second kappa shape index (κ2) is 10.1. The van der Waals surface area contributed by atoms with E-state index < -0.39 is 5.97 Å². The maximum Gasteiger partial charge on any atom is 0.357 e. The lowest BCUT2D eigenvalue weighted by Gasteiger charge is -2.22. The molecule has 140 valence electrons. The molecule has 2 rings (SSSR count). The number of ether oxygens (including phenoxy) is 1. The molecule has 0 saturated carbocycles. The van der Waals surface area contributed by atoms with Gasteiger partial charge in [-0.3, -0.25) is 0 Å². The predicted molar refractivity (Wildman–Crippen MR) is 104 cm³/mol. The number of methoxy groups -OCH3 is 1. The molecule has 1 aromatic heterocycles. The van der Waals surface area contributed by atoms with Crippen molar-refractivity contribution >= 4 is 40.6 Å². The van der Waals surface area contributed by atoms with Gasteiger partial charge in [-0.2, -0.15) is 0 Å². The first-order chi connectivity index (χ1) is 12.5. The monoisotopic (exact) mass is 395 g/mol. The van der Waals surface area contributed by atoms with Crippen LogP contribution in [0.15, 0.2) is 29.6 Å². The molecule has 1 N–H and O–H groups in total. The van der Waals surface area contributed by atoms with Crippen LogP contribution >= 0.6 is 22.9 Å². The Balaban J connectivity index is 2.06. The van der Waals surface area contributed by atoms with Crippen molar-refractivity contribution in [3.05, 3.63) is 45.4 Å². The average Bonchev–Trinajstić information content (AvgIpc) is 3.11. The Labute approximate surface area is 162 Å². The molecule has 0 saturated heterocycles. The second-order valence-corrected chi connectivity index (χ2v) is 7.06. The molecule has 8 heteroatoms. The number of carbonyl (C=O) groups is 2. The summed E-state index contributed by atoms with van der Waals surface area (Å²) in [5.74, 6) is -0.476. The highest BCUT2D eigenvalue weighted by Gasteiger charge is 2.17. The van der Waals surface area contributed by atoms with Gasteiger partial charge in [-0.1, -0.05) is 31.4 Å². The van der Waals surface area contributed by atoms with Gasteiger partial charge in [-0.25, -0.2) is 14.6 Å². The third-order valence-corrected chi connectivity index (χ3v) is 4.77. The highest BCUT2D eigenvalue weighted by molar-refractivity contribution is 7.09. The van der Waals surface area contributed by atoms with E-state index in [4.69, 9.17) is 11.6 Å². The number of urea groups is 1. The largest absolute Gasteiger partial charge is 0.464 e. The standard InChI is InChI=1S/C18H22ClN3O3S/c1-3-4-5-10-22(11-16-21-15(12-26-16)17(23)25-2)18(24)20-14-8-6-13(19)7-9-14/h6-9,12H,3-5,10-11H2,1-2H3,(H,20,24). The minimum absolute atomic E-state index is 0.210. The lowest BCUT2D eigenvalue weighted by atomic mass is 10.2. The zero-order valence-corrected chi connectivity index (χ0v) is 16.4. The molecule has 6 nitrogen and oxygen atoms in total. The molecule has 0 unspecified atom stereocenters. The van der Waals surface area contributed by atoms with E-state index >= 15 is 0 Å². The normalized spacial score (nSPS) is 10.4. The molecule has 2 amide bonds. The number of hydrogen-bond donors (Lipinski definition) is 1. The van der Waals surface area contributed by atoms with Gasteiger partial charge in [0.15, 0.2) is 5.69 Å². The van der Waals surface area contributed by atoms with Gasteiger partial charge in [0.05, 0.1) is 13.7 Å². The van der Waals surface area contributed by atoms with Crippen molar-refractivity contribution in [3.8, 4) is 0 Å². The van der Waals surface area contributed by atoms with Gasteiger partial charge in [-0.05, 0) is 30.7 Å². The summed E-state index contributed by atoms with van der Waals surface area (Å²) < 4.78 is 4.67. The molecule has 0 spiro atoms. The van der Waals surface area contributed by atoms with Crippen molar-refractivity contribution in [3.63, 3.8) is 0 Å². The summed E-state index contributed by atoms with van der Waals surface area (Å²) in [5, 5.41) is 5.81. The number of anilines is 1. The number of carbonyl (C=O) groups excluding carboxylic acids is 2. The van der Waals surface area contributed by atoms with Gasteiger partial charge in [0.25, 0.3) is 0 Å². The molecular weight excluding hydrogens is 374 g/mol. The van der Waals surface area contributed by atoms with E-state index in [0.29, 0.717) is 28.8 Å². The number of nitrogens with zero attached hydrogens (tertiary/aromatic N) is 2. The number of unbranched alkanes of at least 4 members (excludes halogenated alkanes) is 2. The third kappa shape index (κ3) is 6.00. The van der Waals surface area contributed by atoms with Crippen LogP contribution in [-0.4, -0.2) is 35.5 Å². The molecule has 0 fully saturated rings. The minimum atomic E-state index is -0.476. The van der Waals surface area contributed by atoms with Gasteiger partial charge in [0.2, 0.25) is 0 Å². The van der Waals surface area contributed by atoms with Crippen LogP contribution in [-0.2, 0) is 11.3 Å². The van der Waals surface area contributed by atoms with Gasteiger partial charge in [-0.15, -0.1) is 11.3 Å². The topological polar surface area (TPSA) is 71.5 Å². The number of aromatic nitrogens is 1. The van der Waals surface area contributed by atoms with Crippen molar-refractivity contribution in [2.24, 2.45) is 0 Å². The van der Waals surface area contributed by atoms with Gasteiger partial charge >= 0.3 is 12.0 Å². The Bertz CT molecular complexity index is 734. The Hall–Kier alpha value is -2.12. The molecule has 0 aliphatic heterocycles. The first kappa shape index (κ1) is 20.2. The summed E-state index contributed by atoms with van der Waals surface area (Å²) in [7, 11) is 1.32. The molecule has 0 aliphatic rings. The Morgan fingerprint density at radius 2 is 2.00 bits per heavy atom. The summed E-state index contributed by atoms with van der Waals surface area (Å²) in [6.45, 7) is 3.06. The molecule has 0 radical (unpaired) electrons. The van der Waals surface area contributed by atoms with Crippen LogP contribution in [0.25, 0.3) is 0 Å². The molecule has 1 aromatic carbocycles. The molecule has 2 aromatic rings. The summed E-state index contributed by atoms with van der Waals surface area (Å²) >= 11 is 7.21. The summed E-state index contributed by atoms with van der Waals surface area (Å²) in [4.78, 5) is 30.2. The SMILES string of the molecule is CCCCCN(Cc1nc(C(=O)OC)cs1)C(=O)Nc1ccc(Cl)cc1. The van der Waals surface area contributed by atoms with Gasteiger partial charge < -0.3 is 15.0 Å². The van der Waals surface area contributed by atoms with Crippen LogP contribution in [0.5, 0.6) is 0 Å². The van der Waals surface area contributed by atoms with Crippen LogP contribution in [0.4, 0.5) is 10.5 Å². The van der Waals surface area contributed by atoms with Crippen molar-refractivity contribution in [2.75, 3.05) is 19.0 Å². The smallest absolute Gasteiger partial charge is 0.357 e. The Morgan fingerprint density at radius 1 is 1.27 bits per heavy atom. The molecular formula is C18H22ClN3O3S. The molecule has 0 aliphatic carbocycles. The quantitative estimate of drug-likeness (QED) is 0.514. The van der Waals surface area contributed by atoms with Crippen LogP contribution in [0.3, 0.4) is 0 Å². The minimum Gasteiger partial charge on any atom is -0.464 e. The zero-order chi connectivity index (χ0) is 18.9. The van der Waals surface area contributed by atoms with E-state index in [2.05, 4.69) is 22.0 Å². The van der Waals surface area contributed by atoms with Gasteiger partial charge in [0.1, 0.15) is 5.01 Å². The number of thiazole rings is 1. The highest BCUT2D eigenvalue weighted by atomic mass is 35.5. The summed E-state index contributed by atoms with van der Waals surface area (Å²) in [6.07, 6.45) is 3.01. The first-order valence-electron chi connectivity index (χ1n) is 8.37. The molecule has 0 atom stereocenters. The van der Waals surface area contributed by atoms with Crippen molar-refractivity contribution in [1.29, 1.82) is 0 Å². The van der Waals surface area contributed by atoms with Crippen LogP contribution in [0, 0.1) is 0 Å². The molecule has 0 bridgehead atoms. The van der Waals surface area contributed by atoms with Gasteiger partial charge in [0, 0.05) is 22.6 Å². The molecule has 1 heterocycles. The number of halogens is 1. The third-order valence-electron chi connectivity index (χ3n) is 3.69. The van der Waals surface area contributed by atoms with Crippen molar-refractivity contribution in [2.45, 2.75) is 32.7 Å².